The smallest absolute Gasteiger partial charge is 0.238 e. The summed E-state index contributed by atoms with van der Waals surface area (Å²) >= 11 is 0. The van der Waals surface area contributed by atoms with Crippen molar-refractivity contribution in [3.8, 4) is 68.2 Å². The molecule has 0 saturated carbocycles. The van der Waals surface area contributed by atoms with Crippen LogP contribution in [0.2, 0.25) is 0 Å². The van der Waals surface area contributed by atoms with E-state index >= 15 is 0 Å². The van der Waals surface area contributed by atoms with Crippen molar-refractivity contribution in [1.29, 1.82) is 0 Å². The van der Waals surface area contributed by atoms with Crippen LogP contribution in [0.3, 0.4) is 0 Å². The Labute approximate surface area is 358 Å². The lowest BCUT2D eigenvalue weighted by Crippen LogP contribution is -2.06. The van der Waals surface area contributed by atoms with E-state index in [2.05, 4.69) is 130 Å². The van der Waals surface area contributed by atoms with Crippen LogP contribution in [0.5, 0.6) is 0 Å². The molecule has 0 N–H and O–H groups in total. The second-order valence-electron chi connectivity index (χ2n) is 15.6. The molecule has 1 aliphatic carbocycles. The molecule has 0 atom stereocenters. The molecule has 12 rings (SSSR count). The Morgan fingerprint density at radius 3 is 1.65 bits per heavy atom. The number of nitrogens with zero attached hydrogens (tertiary/aromatic N) is 7. The first-order valence-corrected chi connectivity index (χ1v) is 21.0. The highest BCUT2D eigenvalue weighted by molar-refractivity contribution is 6.10. The van der Waals surface area contributed by atoms with Crippen LogP contribution in [0.4, 0.5) is 0 Å². The van der Waals surface area contributed by atoms with Crippen LogP contribution in [-0.4, -0.2) is 34.1 Å². The minimum absolute atomic E-state index is 0.572. The normalized spacial score (nSPS) is 12.3. The minimum atomic E-state index is 0.572. The predicted octanol–water partition coefficient (Wildman–Crippen LogP) is 13.0. The zero-order chi connectivity index (χ0) is 41.0. The number of fused-ring (bicyclic) bond motifs is 6. The van der Waals surface area contributed by atoms with E-state index in [4.69, 9.17) is 24.9 Å². The number of hydrogen-bond donors (Lipinski definition) is 0. The topological polar surface area (TPSA) is 74.3 Å². The molecule has 7 heteroatoms. The average Bonchev–Trinajstić information content (AvgIpc) is 3.87. The molecule has 4 heterocycles. The van der Waals surface area contributed by atoms with Crippen LogP contribution in [0.15, 0.2) is 194 Å². The summed E-state index contributed by atoms with van der Waals surface area (Å²) in [6.07, 6.45) is 6.43. The minimum Gasteiger partial charge on any atom is -0.294 e. The molecule has 0 bridgehead atoms. The molecule has 0 aliphatic heterocycles. The van der Waals surface area contributed by atoms with Crippen molar-refractivity contribution in [1.82, 2.24) is 34.1 Å². The van der Waals surface area contributed by atoms with Crippen molar-refractivity contribution < 1.29 is 0 Å². The molecule has 0 saturated heterocycles. The van der Waals surface area contributed by atoms with Crippen LogP contribution in [0.25, 0.3) is 107 Å². The van der Waals surface area contributed by atoms with Gasteiger partial charge >= 0.3 is 0 Å². The summed E-state index contributed by atoms with van der Waals surface area (Å²) < 4.78 is 4.51. The summed E-state index contributed by atoms with van der Waals surface area (Å²) in [5.74, 6) is 2.53. The standard InChI is InChI=1S/C55H37N7/c1-5-18-36(19-6-1)50-49-44-29-14-16-31-47(44)61(54(49)58-51(56-50)37-20-7-2-8-21-37)42-27-17-26-40(34-42)41-32-33-48-45(35-41)43-28-13-15-30-46(43)62(48)55-59-52(38-22-9-3-10-23-38)57-53(60-55)39-24-11-4-12-25-39/h1-13,15-28,30-35H,14,29H2. The van der Waals surface area contributed by atoms with Gasteiger partial charge < -0.3 is 0 Å². The highest BCUT2D eigenvalue weighted by atomic mass is 15.2. The number of rotatable bonds is 7. The van der Waals surface area contributed by atoms with Gasteiger partial charge in [-0.25, -0.2) is 15.0 Å². The van der Waals surface area contributed by atoms with Crippen LogP contribution >= 0.6 is 0 Å². The molecule has 0 unspecified atom stereocenters. The molecule has 62 heavy (non-hydrogen) atoms. The molecule has 1 aliphatic rings. The van der Waals surface area contributed by atoms with Gasteiger partial charge in [0.05, 0.1) is 22.4 Å². The van der Waals surface area contributed by atoms with Crippen molar-refractivity contribution in [2.75, 3.05) is 0 Å². The van der Waals surface area contributed by atoms with Crippen molar-refractivity contribution in [3.05, 3.63) is 205 Å². The fourth-order valence-corrected chi connectivity index (χ4v) is 8.99. The zero-order valence-electron chi connectivity index (χ0n) is 33.6. The maximum Gasteiger partial charge on any atom is 0.238 e. The van der Waals surface area contributed by atoms with Crippen LogP contribution < -0.4 is 0 Å². The van der Waals surface area contributed by atoms with Gasteiger partial charge in [0.2, 0.25) is 5.95 Å². The number of para-hydroxylation sites is 1. The second kappa shape index (κ2) is 14.8. The number of allylic oxidation sites excluding steroid dienone is 1. The van der Waals surface area contributed by atoms with E-state index in [9.17, 15) is 0 Å². The van der Waals surface area contributed by atoms with Gasteiger partial charge in [-0.2, -0.15) is 9.97 Å². The fourth-order valence-electron chi connectivity index (χ4n) is 8.99. The molecule has 0 radical (unpaired) electrons. The van der Waals surface area contributed by atoms with Crippen molar-refractivity contribution >= 4 is 38.9 Å². The Hall–Kier alpha value is -8.29. The van der Waals surface area contributed by atoms with Crippen molar-refractivity contribution in [3.63, 3.8) is 0 Å². The molecular weight excluding hydrogens is 759 g/mol. The summed E-state index contributed by atoms with van der Waals surface area (Å²) in [5.41, 5.74) is 13.5. The van der Waals surface area contributed by atoms with Gasteiger partial charge in [0.25, 0.3) is 0 Å². The van der Waals surface area contributed by atoms with Crippen LogP contribution in [0.1, 0.15) is 17.7 Å². The Morgan fingerprint density at radius 1 is 0.403 bits per heavy atom. The van der Waals surface area contributed by atoms with E-state index in [1.807, 2.05) is 78.9 Å². The van der Waals surface area contributed by atoms with E-state index in [0.29, 0.717) is 23.4 Å². The van der Waals surface area contributed by atoms with Gasteiger partial charge in [-0.05, 0) is 65.9 Å². The summed E-state index contributed by atoms with van der Waals surface area (Å²) in [6.45, 7) is 0. The highest BCUT2D eigenvalue weighted by Gasteiger charge is 2.25. The zero-order valence-corrected chi connectivity index (χ0v) is 33.6. The largest absolute Gasteiger partial charge is 0.294 e. The lowest BCUT2D eigenvalue weighted by Gasteiger charge is -2.13. The molecule has 7 nitrogen and oxygen atoms in total. The summed E-state index contributed by atoms with van der Waals surface area (Å²) in [4.78, 5) is 25.9. The number of benzene rings is 7. The lowest BCUT2D eigenvalue weighted by atomic mass is 9.98. The van der Waals surface area contributed by atoms with Gasteiger partial charge in [0.15, 0.2) is 17.5 Å². The first-order valence-electron chi connectivity index (χ1n) is 21.0. The molecule has 11 aromatic rings. The molecule has 0 fully saturated rings. The monoisotopic (exact) mass is 795 g/mol. The Kier molecular flexibility index (Phi) is 8.49. The SMILES string of the molecule is C1=Cc2c(c3c(-c4ccccc4)nc(-c4ccccc4)nc3n2-c2cccc(-c3ccc4c(c3)c3ccccc3n4-c3nc(-c4ccccc4)nc(-c4ccccc4)n3)c2)CC1. The summed E-state index contributed by atoms with van der Waals surface area (Å²) in [7, 11) is 0. The summed E-state index contributed by atoms with van der Waals surface area (Å²) in [6, 6.07) is 65.1. The van der Waals surface area contributed by atoms with E-state index in [1.165, 1.54) is 5.56 Å². The lowest BCUT2D eigenvalue weighted by molar-refractivity contribution is 0.953. The average molecular weight is 796 g/mol. The maximum absolute atomic E-state index is 5.37. The van der Waals surface area contributed by atoms with E-state index < -0.39 is 0 Å². The Balaban J connectivity index is 1.04. The predicted molar refractivity (Wildman–Crippen MR) is 251 cm³/mol. The Morgan fingerprint density at radius 2 is 0.968 bits per heavy atom. The number of aromatic nitrogens is 7. The van der Waals surface area contributed by atoms with Crippen LogP contribution in [0, 0.1) is 0 Å². The molecule has 0 spiro atoms. The van der Waals surface area contributed by atoms with Gasteiger partial charge in [0.1, 0.15) is 5.65 Å². The molecular formula is C55H37N7. The first-order chi connectivity index (χ1) is 30.7. The summed E-state index contributed by atoms with van der Waals surface area (Å²) in [5, 5.41) is 3.35. The first kappa shape index (κ1) is 35.6. The highest BCUT2D eigenvalue weighted by Crippen LogP contribution is 2.41. The second-order valence-corrected chi connectivity index (χ2v) is 15.6. The molecule has 0 amide bonds. The van der Waals surface area contributed by atoms with Gasteiger partial charge in [0, 0.05) is 44.1 Å². The quantitative estimate of drug-likeness (QED) is 0.161. The van der Waals surface area contributed by atoms with Gasteiger partial charge in [-0.3, -0.25) is 9.13 Å². The third-order valence-corrected chi connectivity index (χ3v) is 11.9. The van der Waals surface area contributed by atoms with Gasteiger partial charge in [-0.1, -0.05) is 164 Å². The van der Waals surface area contributed by atoms with Crippen LogP contribution in [-0.2, 0) is 6.42 Å². The molecule has 7 aromatic carbocycles. The van der Waals surface area contributed by atoms with Crippen molar-refractivity contribution in [2.24, 2.45) is 0 Å². The van der Waals surface area contributed by atoms with Gasteiger partial charge in [-0.15, -0.1) is 0 Å². The van der Waals surface area contributed by atoms with E-state index in [0.717, 1.165) is 96.1 Å². The fraction of sp³-hybridized carbons (Fsp3) is 0.0364. The third-order valence-electron chi connectivity index (χ3n) is 11.9. The van der Waals surface area contributed by atoms with E-state index in [1.54, 1.807) is 0 Å². The number of hydrogen-bond acceptors (Lipinski definition) is 5. The third kappa shape index (κ3) is 6.01. The van der Waals surface area contributed by atoms with Crippen molar-refractivity contribution in [2.45, 2.75) is 12.8 Å². The maximum atomic E-state index is 5.37. The number of aryl methyl sites for hydroxylation is 1. The Bertz CT molecular complexity index is 3440. The van der Waals surface area contributed by atoms with E-state index in [-0.39, 0.29) is 0 Å². The molecule has 4 aromatic heterocycles. The molecule has 292 valence electrons.